The highest BCUT2D eigenvalue weighted by atomic mass is 16.5. The number of methoxy groups -OCH3 is 2. The smallest absolute Gasteiger partial charge is 0.257 e. The van der Waals surface area contributed by atoms with Gasteiger partial charge in [-0.1, -0.05) is 30.7 Å². The fourth-order valence-corrected chi connectivity index (χ4v) is 4.86. The lowest BCUT2D eigenvalue weighted by Crippen LogP contribution is -2.41. The monoisotopic (exact) mass is 449 g/mol. The molecule has 0 aromatic heterocycles. The molecule has 0 radical (unpaired) electrons. The van der Waals surface area contributed by atoms with E-state index in [4.69, 9.17) is 14.6 Å². The number of ether oxygens (including phenoxy) is 2. The van der Waals surface area contributed by atoms with Crippen LogP contribution in [-0.2, 0) is 4.79 Å². The molecule has 1 amide bonds. The maximum Gasteiger partial charge on any atom is 0.257 e. The molecule has 0 saturated carbocycles. The van der Waals surface area contributed by atoms with Crippen molar-refractivity contribution >= 4 is 11.6 Å². The van der Waals surface area contributed by atoms with Crippen LogP contribution in [0.3, 0.4) is 0 Å². The third-order valence-electron chi connectivity index (χ3n) is 6.89. The van der Waals surface area contributed by atoms with E-state index >= 15 is 0 Å². The van der Waals surface area contributed by atoms with Gasteiger partial charge in [-0.05, 0) is 63.4 Å². The van der Waals surface area contributed by atoms with Crippen LogP contribution in [0.5, 0.6) is 11.5 Å². The van der Waals surface area contributed by atoms with Gasteiger partial charge in [0.2, 0.25) is 0 Å². The normalized spacial score (nSPS) is 19.5. The standard InChI is InChI=1S/C27H35N3O3/c1-18-10-12-29(13-11-18)17-27(31)30-25(23-9-7-21(32-4)15-26(23)33-5)16-24(28-30)22-8-6-19(2)14-20(22)3/h6-9,14-15,18,25H,10-13,16-17H2,1-5H3. The fourth-order valence-electron chi connectivity index (χ4n) is 4.86. The Morgan fingerprint density at radius 1 is 1.06 bits per heavy atom. The number of hydrazone groups is 1. The Morgan fingerprint density at radius 3 is 2.48 bits per heavy atom. The highest BCUT2D eigenvalue weighted by Crippen LogP contribution is 2.39. The summed E-state index contributed by atoms with van der Waals surface area (Å²) in [6.07, 6.45) is 2.93. The van der Waals surface area contributed by atoms with Gasteiger partial charge in [0.25, 0.3) is 5.91 Å². The van der Waals surface area contributed by atoms with Crippen LogP contribution in [0.25, 0.3) is 0 Å². The van der Waals surface area contributed by atoms with Gasteiger partial charge in [-0.2, -0.15) is 5.10 Å². The first-order valence-electron chi connectivity index (χ1n) is 11.8. The average Bonchev–Trinajstić information content (AvgIpc) is 3.25. The van der Waals surface area contributed by atoms with Crippen LogP contribution in [0, 0.1) is 19.8 Å². The van der Waals surface area contributed by atoms with E-state index in [0.29, 0.717) is 18.7 Å². The lowest BCUT2D eigenvalue weighted by molar-refractivity contribution is -0.134. The molecule has 0 N–H and O–H groups in total. The van der Waals surface area contributed by atoms with Gasteiger partial charge in [-0.25, -0.2) is 5.01 Å². The topological polar surface area (TPSA) is 54.4 Å². The van der Waals surface area contributed by atoms with Crippen LogP contribution in [0.4, 0.5) is 0 Å². The van der Waals surface area contributed by atoms with Gasteiger partial charge in [0.05, 0.1) is 32.5 Å². The molecule has 2 heterocycles. The third kappa shape index (κ3) is 5.06. The number of hydrogen-bond acceptors (Lipinski definition) is 5. The van der Waals surface area contributed by atoms with E-state index in [0.717, 1.165) is 54.4 Å². The number of aryl methyl sites for hydroxylation is 2. The van der Waals surface area contributed by atoms with Crippen LogP contribution in [0.1, 0.15) is 54.5 Å². The number of likely N-dealkylation sites (tertiary alicyclic amines) is 1. The lowest BCUT2D eigenvalue weighted by Gasteiger charge is -2.31. The Bertz CT molecular complexity index is 1040. The Hall–Kier alpha value is -2.86. The quantitative estimate of drug-likeness (QED) is 0.640. The van der Waals surface area contributed by atoms with E-state index in [1.54, 1.807) is 19.2 Å². The molecule has 0 spiro atoms. The summed E-state index contributed by atoms with van der Waals surface area (Å²) in [6, 6.07) is 12.0. The molecule has 1 saturated heterocycles. The van der Waals surface area contributed by atoms with Gasteiger partial charge in [0.15, 0.2) is 0 Å². The molecule has 176 valence electrons. The van der Waals surface area contributed by atoms with E-state index in [1.807, 2.05) is 18.2 Å². The highest BCUT2D eigenvalue weighted by Gasteiger charge is 2.36. The first kappa shape index (κ1) is 23.3. The van der Waals surface area contributed by atoms with E-state index in [2.05, 4.69) is 43.9 Å². The maximum absolute atomic E-state index is 13.5. The fraction of sp³-hybridized carbons (Fsp3) is 0.481. The van der Waals surface area contributed by atoms with Gasteiger partial charge >= 0.3 is 0 Å². The van der Waals surface area contributed by atoms with Crippen LogP contribution < -0.4 is 9.47 Å². The summed E-state index contributed by atoms with van der Waals surface area (Å²) >= 11 is 0. The molecule has 1 unspecified atom stereocenters. The van der Waals surface area contributed by atoms with Gasteiger partial charge in [0, 0.05) is 23.6 Å². The molecule has 2 aliphatic rings. The number of hydrogen-bond donors (Lipinski definition) is 0. The van der Waals surface area contributed by atoms with Crippen molar-refractivity contribution in [1.82, 2.24) is 9.91 Å². The van der Waals surface area contributed by atoms with Gasteiger partial charge in [-0.15, -0.1) is 0 Å². The molecule has 33 heavy (non-hydrogen) atoms. The predicted molar refractivity (Wildman–Crippen MR) is 131 cm³/mol. The molecule has 1 atom stereocenters. The minimum absolute atomic E-state index is 0.0344. The SMILES string of the molecule is COc1ccc(C2CC(c3ccc(C)cc3C)=NN2C(=O)CN2CCC(C)CC2)c(OC)c1. The molecular weight excluding hydrogens is 414 g/mol. The second-order valence-electron chi connectivity index (χ2n) is 9.39. The highest BCUT2D eigenvalue weighted by molar-refractivity contribution is 6.04. The van der Waals surface area contributed by atoms with Gasteiger partial charge in [0.1, 0.15) is 11.5 Å². The Labute approximate surface area is 197 Å². The summed E-state index contributed by atoms with van der Waals surface area (Å²) < 4.78 is 11.1. The van der Waals surface area contributed by atoms with E-state index < -0.39 is 0 Å². The molecular formula is C27H35N3O3. The molecule has 2 aliphatic heterocycles. The minimum Gasteiger partial charge on any atom is -0.497 e. The second-order valence-corrected chi connectivity index (χ2v) is 9.39. The second kappa shape index (κ2) is 9.96. The molecule has 4 rings (SSSR count). The Morgan fingerprint density at radius 2 is 1.82 bits per heavy atom. The van der Waals surface area contributed by atoms with Crippen molar-refractivity contribution in [2.75, 3.05) is 33.9 Å². The van der Waals surface area contributed by atoms with Crippen molar-refractivity contribution in [2.24, 2.45) is 11.0 Å². The van der Waals surface area contributed by atoms with Crippen molar-refractivity contribution in [3.05, 3.63) is 58.7 Å². The number of carbonyl (C=O) groups excluding carboxylic acids is 1. The summed E-state index contributed by atoms with van der Waals surface area (Å²) in [5.74, 6) is 2.20. The summed E-state index contributed by atoms with van der Waals surface area (Å²) in [6.45, 7) is 8.80. The summed E-state index contributed by atoms with van der Waals surface area (Å²) in [5, 5.41) is 6.58. The molecule has 0 aliphatic carbocycles. The number of nitrogens with zero attached hydrogens (tertiary/aromatic N) is 3. The van der Waals surface area contributed by atoms with Crippen molar-refractivity contribution in [3.8, 4) is 11.5 Å². The van der Waals surface area contributed by atoms with Crippen molar-refractivity contribution in [3.63, 3.8) is 0 Å². The maximum atomic E-state index is 13.5. The van der Waals surface area contributed by atoms with Gasteiger partial charge in [-0.3, -0.25) is 9.69 Å². The molecule has 6 heteroatoms. The van der Waals surface area contributed by atoms with E-state index in [1.165, 1.54) is 11.1 Å². The minimum atomic E-state index is -0.210. The molecule has 6 nitrogen and oxygen atoms in total. The summed E-state index contributed by atoms with van der Waals surface area (Å²) in [4.78, 5) is 15.8. The number of amides is 1. The number of rotatable bonds is 6. The van der Waals surface area contributed by atoms with Crippen molar-refractivity contribution < 1.29 is 14.3 Å². The van der Waals surface area contributed by atoms with E-state index in [-0.39, 0.29) is 11.9 Å². The van der Waals surface area contributed by atoms with Crippen LogP contribution in [0.2, 0.25) is 0 Å². The largest absolute Gasteiger partial charge is 0.497 e. The van der Waals surface area contributed by atoms with E-state index in [9.17, 15) is 4.79 Å². The molecule has 2 aromatic carbocycles. The van der Waals surface area contributed by atoms with Crippen molar-refractivity contribution in [1.29, 1.82) is 0 Å². The number of piperidine rings is 1. The predicted octanol–water partition coefficient (Wildman–Crippen LogP) is 4.73. The zero-order chi connectivity index (χ0) is 23.5. The lowest BCUT2D eigenvalue weighted by atomic mass is 9.94. The first-order chi connectivity index (χ1) is 15.9. The molecule has 2 aromatic rings. The van der Waals surface area contributed by atoms with Crippen LogP contribution in [0.15, 0.2) is 41.5 Å². The Kier molecular flexibility index (Phi) is 7.03. The molecule has 1 fully saturated rings. The zero-order valence-corrected chi connectivity index (χ0v) is 20.4. The van der Waals surface area contributed by atoms with Crippen molar-refractivity contribution in [2.45, 2.75) is 46.1 Å². The van der Waals surface area contributed by atoms with Crippen LogP contribution >= 0.6 is 0 Å². The Balaban J connectivity index is 1.66. The summed E-state index contributed by atoms with van der Waals surface area (Å²) in [7, 11) is 3.29. The number of carbonyl (C=O) groups is 1. The first-order valence-corrected chi connectivity index (χ1v) is 11.8. The zero-order valence-electron chi connectivity index (χ0n) is 20.4. The van der Waals surface area contributed by atoms with Crippen LogP contribution in [-0.4, -0.2) is 55.4 Å². The molecule has 0 bridgehead atoms. The average molecular weight is 450 g/mol. The number of benzene rings is 2. The third-order valence-corrected chi connectivity index (χ3v) is 6.89. The summed E-state index contributed by atoms with van der Waals surface area (Å²) in [5.41, 5.74) is 5.38. The van der Waals surface area contributed by atoms with Gasteiger partial charge < -0.3 is 9.47 Å².